The first-order valence-corrected chi connectivity index (χ1v) is 9.42. The topological polar surface area (TPSA) is 72.6 Å². The summed E-state index contributed by atoms with van der Waals surface area (Å²) in [7, 11) is -3.41. The number of ether oxygens (including phenoxy) is 1. The fraction of sp³-hybridized carbons (Fsp3) is 0.625. The van der Waals surface area contributed by atoms with E-state index in [0.717, 1.165) is 38.9 Å². The van der Waals surface area contributed by atoms with E-state index in [1.54, 1.807) is 28.6 Å². The van der Waals surface area contributed by atoms with Crippen molar-refractivity contribution < 1.29 is 13.2 Å². The average molecular weight is 322 g/mol. The van der Waals surface area contributed by atoms with Crippen molar-refractivity contribution in [1.82, 2.24) is 4.31 Å². The Kier molecular flexibility index (Phi) is 3.25. The lowest BCUT2D eigenvalue weighted by atomic mass is 9.66. The fourth-order valence-electron chi connectivity index (χ4n) is 4.08. The predicted octanol–water partition coefficient (Wildman–Crippen LogP) is 1.85. The lowest BCUT2D eigenvalue weighted by molar-refractivity contribution is -0.101. The summed E-state index contributed by atoms with van der Waals surface area (Å²) in [5, 5.41) is 0. The molecule has 3 aliphatic rings. The summed E-state index contributed by atoms with van der Waals surface area (Å²) in [5.41, 5.74) is 6.41. The fourth-order valence-corrected chi connectivity index (χ4v) is 5.96. The van der Waals surface area contributed by atoms with Crippen LogP contribution in [0.25, 0.3) is 0 Å². The molecule has 2 saturated heterocycles. The van der Waals surface area contributed by atoms with Crippen LogP contribution in [0.15, 0.2) is 29.2 Å². The highest BCUT2D eigenvalue weighted by Gasteiger charge is 2.61. The molecule has 4 rings (SSSR count). The van der Waals surface area contributed by atoms with Crippen molar-refractivity contribution in [2.75, 3.05) is 25.5 Å². The molecule has 2 heterocycles. The molecule has 1 aromatic carbocycles. The molecule has 1 aliphatic carbocycles. The Bertz CT molecular complexity index is 661. The van der Waals surface area contributed by atoms with E-state index >= 15 is 0 Å². The van der Waals surface area contributed by atoms with Crippen LogP contribution in [0.4, 0.5) is 5.69 Å². The summed E-state index contributed by atoms with van der Waals surface area (Å²) in [5.74, 6) is 0.537. The molecule has 1 saturated carbocycles. The zero-order valence-corrected chi connectivity index (χ0v) is 13.4. The number of anilines is 1. The summed E-state index contributed by atoms with van der Waals surface area (Å²) < 4.78 is 33.1. The van der Waals surface area contributed by atoms with Crippen LogP contribution in [-0.4, -0.2) is 38.5 Å². The van der Waals surface area contributed by atoms with E-state index < -0.39 is 10.0 Å². The molecule has 120 valence electrons. The number of hydrogen-bond acceptors (Lipinski definition) is 4. The predicted molar refractivity (Wildman–Crippen MR) is 83.7 cm³/mol. The Hall–Kier alpha value is -1.11. The van der Waals surface area contributed by atoms with E-state index in [9.17, 15) is 8.42 Å². The van der Waals surface area contributed by atoms with Gasteiger partial charge in [-0.25, -0.2) is 8.42 Å². The minimum absolute atomic E-state index is 0.153. The van der Waals surface area contributed by atoms with Gasteiger partial charge in [-0.05, 0) is 55.9 Å². The van der Waals surface area contributed by atoms with Crippen LogP contribution in [0.5, 0.6) is 0 Å². The number of rotatable bonds is 3. The van der Waals surface area contributed by atoms with Gasteiger partial charge in [-0.2, -0.15) is 4.31 Å². The highest BCUT2D eigenvalue weighted by Crippen LogP contribution is 2.56. The van der Waals surface area contributed by atoms with Crippen molar-refractivity contribution >= 4 is 15.7 Å². The van der Waals surface area contributed by atoms with Crippen LogP contribution in [0.3, 0.4) is 0 Å². The molecule has 0 aromatic heterocycles. The molecule has 1 unspecified atom stereocenters. The molecule has 0 amide bonds. The standard InChI is InChI=1S/C16H22N2O3S/c17-13-3-5-14(6-4-13)22(19,20)18-11-16(7-9-21-10-8-16)15(18)12-1-2-12/h3-6,12,15H,1-2,7-11,17H2. The van der Waals surface area contributed by atoms with E-state index in [1.807, 2.05) is 0 Å². The Morgan fingerprint density at radius 1 is 1.14 bits per heavy atom. The Morgan fingerprint density at radius 2 is 1.77 bits per heavy atom. The Labute approximate surface area is 131 Å². The smallest absolute Gasteiger partial charge is 0.243 e. The maximum Gasteiger partial charge on any atom is 0.243 e. The molecule has 2 N–H and O–H groups in total. The van der Waals surface area contributed by atoms with Crippen molar-refractivity contribution in [2.24, 2.45) is 11.3 Å². The summed E-state index contributed by atoms with van der Waals surface area (Å²) in [4.78, 5) is 0.356. The Balaban J connectivity index is 1.63. The van der Waals surface area contributed by atoms with E-state index in [-0.39, 0.29) is 11.5 Å². The van der Waals surface area contributed by atoms with E-state index in [2.05, 4.69) is 0 Å². The largest absolute Gasteiger partial charge is 0.399 e. The number of benzene rings is 1. The lowest BCUT2D eigenvalue weighted by Crippen LogP contribution is -2.68. The molecule has 0 bridgehead atoms. The molecule has 1 atom stereocenters. The number of nitrogens with two attached hydrogens (primary N) is 1. The van der Waals surface area contributed by atoms with Gasteiger partial charge in [0, 0.05) is 36.9 Å². The molecule has 0 radical (unpaired) electrons. The van der Waals surface area contributed by atoms with Gasteiger partial charge < -0.3 is 10.5 Å². The third kappa shape index (κ3) is 2.16. The summed E-state index contributed by atoms with van der Waals surface area (Å²) in [6.45, 7) is 2.17. The molecule has 6 heteroatoms. The first-order valence-electron chi connectivity index (χ1n) is 7.98. The molecule has 1 spiro atoms. The quantitative estimate of drug-likeness (QED) is 0.862. The van der Waals surface area contributed by atoms with Crippen LogP contribution in [0, 0.1) is 11.3 Å². The zero-order chi connectivity index (χ0) is 15.4. The number of nitrogens with zero attached hydrogens (tertiary/aromatic N) is 1. The summed E-state index contributed by atoms with van der Waals surface area (Å²) in [6.07, 6.45) is 4.28. The SMILES string of the molecule is Nc1ccc(S(=O)(=O)N2CC3(CCOCC3)C2C2CC2)cc1. The van der Waals surface area contributed by atoms with Crippen molar-refractivity contribution in [3.05, 3.63) is 24.3 Å². The second kappa shape index (κ2) is 4.94. The van der Waals surface area contributed by atoms with E-state index in [4.69, 9.17) is 10.5 Å². The first-order chi connectivity index (χ1) is 10.5. The highest BCUT2D eigenvalue weighted by molar-refractivity contribution is 7.89. The number of nitrogen functional groups attached to an aromatic ring is 1. The van der Waals surface area contributed by atoms with Gasteiger partial charge >= 0.3 is 0 Å². The molecule has 3 fully saturated rings. The van der Waals surface area contributed by atoms with Crippen LogP contribution in [-0.2, 0) is 14.8 Å². The average Bonchev–Trinajstić information content (AvgIpc) is 3.31. The van der Waals surface area contributed by atoms with Crippen LogP contribution < -0.4 is 5.73 Å². The van der Waals surface area contributed by atoms with Crippen LogP contribution >= 0.6 is 0 Å². The molecule has 2 aliphatic heterocycles. The molecular formula is C16H22N2O3S. The second-order valence-corrected chi connectivity index (χ2v) is 8.77. The first kappa shape index (κ1) is 14.5. The van der Waals surface area contributed by atoms with E-state index in [1.165, 1.54) is 0 Å². The highest BCUT2D eigenvalue weighted by atomic mass is 32.2. The molecule has 1 aromatic rings. The molecule has 22 heavy (non-hydrogen) atoms. The van der Waals surface area contributed by atoms with Gasteiger partial charge in [0.15, 0.2) is 0 Å². The van der Waals surface area contributed by atoms with Crippen molar-refractivity contribution in [1.29, 1.82) is 0 Å². The number of hydrogen-bond donors (Lipinski definition) is 1. The Morgan fingerprint density at radius 3 is 2.36 bits per heavy atom. The van der Waals surface area contributed by atoms with Gasteiger partial charge in [0.05, 0.1) is 4.90 Å². The molecule has 5 nitrogen and oxygen atoms in total. The van der Waals surface area contributed by atoms with E-state index in [0.29, 0.717) is 23.0 Å². The monoisotopic (exact) mass is 322 g/mol. The molecular weight excluding hydrogens is 300 g/mol. The van der Waals surface area contributed by atoms with Crippen molar-refractivity contribution in [3.63, 3.8) is 0 Å². The van der Waals surface area contributed by atoms with Gasteiger partial charge in [-0.3, -0.25) is 0 Å². The van der Waals surface area contributed by atoms with Gasteiger partial charge in [0.1, 0.15) is 0 Å². The maximum absolute atomic E-state index is 12.9. The third-order valence-electron chi connectivity index (χ3n) is 5.45. The minimum atomic E-state index is -3.41. The second-order valence-electron chi connectivity index (χ2n) is 6.88. The summed E-state index contributed by atoms with van der Waals surface area (Å²) in [6, 6.07) is 6.71. The van der Waals surface area contributed by atoms with Crippen molar-refractivity contribution in [3.8, 4) is 0 Å². The normalized spacial score (nSPS) is 28.5. The van der Waals surface area contributed by atoms with Gasteiger partial charge in [-0.15, -0.1) is 0 Å². The maximum atomic E-state index is 12.9. The summed E-state index contributed by atoms with van der Waals surface area (Å²) >= 11 is 0. The van der Waals surface area contributed by atoms with Crippen LogP contribution in [0.1, 0.15) is 25.7 Å². The zero-order valence-electron chi connectivity index (χ0n) is 12.6. The minimum Gasteiger partial charge on any atom is -0.399 e. The number of sulfonamides is 1. The van der Waals surface area contributed by atoms with Gasteiger partial charge in [0.25, 0.3) is 0 Å². The van der Waals surface area contributed by atoms with Crippen LogP contribution in [0.2, 0.25) is 0 Å². The lowest BCUT2D eigenvalue weighted by Gasteiger charge is -2.58. The third-order valence-corrected chi connectivity index (χ3v) is 7.29. The van der Waals surface area contributed by atoms with Gasteiger partial charge in [0.2, 0.25) is 10.0 Å². The van der Waals surface area contributed by atoms with Crippen molar-refractivity contribution in [2.45, 2.75) is 36.6 Å². The van der Waals surface area contributed by atoms with Gasteiger partial charge in [-0.1, -0.05) is 0 Å².